The van der Waals surface area contributed by atoms with Gasteiger partial charge in [-0.25, -0.2) is 4.79 Å². The van der Waals surface area contributed by atoms with Crippen molar-refractivity contribution in [1.29, 1.82) is 0 Å². The maximum absolute atomic E-state index is 13.1. The van der Waals surface area contributed by atoms with E-state index < -0.39 is 18.2 Å². The van der Waals surface area contributed by atoms with Gasteiger partial charge in [0.05, 0.1) is 17.8 Å². The van der Waals surface area contributed by atoms with Crippen LogP contribution in [0.4, 0.5) is 4.79 Å². The molecule has 2 aliphatic heterocycles. The summed E-state index contributed by atoms with van der Waals surface area (Å²) in [7, 11) is 0. The molecule has 0 radical (unpaired) electrons. The number of carboxylic acid groups (broad SMARTS) is 1. The number of rotatable bonds is 7. The molecule has 8 nitrogen and oxygen atoms in total. The van der Waals surface area contributed by atoms with Crippen LogP contribution in [-0.2, 0) is 13.0 Å². The van der Waals surface area contributed by atoms with Crippen LogP contribution in [0.5, 0.6) is 0 Å². The number of amides is 2. The first kappa shape index (κ1) is 25.9. The van der Waals surface area contributed by atoms with Gasteiger partial charge < -0.3 is 15.1 Å². The second-order valence-electron chi connectivity index (χ2n) is 10.1. The highest BCUT2D eigenvalue weighted by Crippen LogP contribution is 2.34. The number of pyridine rings is 1. The van der Waals surface area contributed by atoms with E-state index in [1.807, 2.05) is 77.7 Å². The third kappa shape index (κ3) is 5.87. The predicted molar refractivity (Wildman–Crippen MR) is 144 cm³/mol. The average molecular weight is 515 g/mol. The fourth-order valence-electron chi connectivity index (χ4n) is 5.66. The average Bonchev–Trinajstić information content (AvgIpc) is 3.38. The van der Waals surface area contributed by atoms with Crippen molar-refractivity contribution in [1.82, 2.24) is 19.7 Å². The number of carbonyl (C=O) groups excluding carboxylic acids is 1. The lowest BCUT2D eigenvalue weighted by Gasteiger charge is -2.34. The zero-order chi connectivity index (χ0) is 26.5. The molecule has 0 saturated carbocycles. The highest BCUT2D eigenvalue weighted by molar-refractivity contribution is 5.94. The van der Waals surface area contributed by atoms with Gasteiger partial charge in [-0.05, 0) is 54.7 Å². The van der Waals surface area contributed by atoms with Crippen LogP contribution in [-0.4, -0.2) is 80.2 Å². The van der Waals surface area contributed by atoms with Crippen molar-refractivity contribution in [3.8, 4) is 0 Å². The molecule has 0 spiro atoms. The molecular formula is C30H34N4O4. The first-order valence-corrected chi connectivity index (χ1v) is 13.2. The molecule has 2 fully saturated rings. The molecule has 2 N–H and O–H groups in total. The van der Waals surface area contributed by atoms with Crippen molar-refractivity contribution >= 4 is 12.0 Å². The molecule has 2 aliphatic rings. The molecule has 3 heterocycles. The minimum Gasteiger partial charge on any atom is -0.465 e. The number of hydrogen-bond acceptors (Lipinski definition) is 5. The Morgan fingerprint density at radius 1 is 0.895 bits per heavy atom. The molecule has 5 rings (SSSR count). The predicted octanol–water partition coefficient (Wildman–Crippen LogP) is 3.83. The minimum atomic E-state index is -1.01. The number of nitrogens with zero attached hydrogens (tertiary/aromatic N) is 4. The molecule has 0 bridgehead atoms. The quantitative estimate of drug-likeness (QED) is 0.498. The van der Waals surface area contributed by atoms with Crippen LogP contribution in [0.25, 0.3) is 0 Å². The zero-order valence-corrected chi connectivity index (χ0v) is 21.4. The third-order valence-electron chi connectivity index (χ3n) is 7.72. The molecule has 2 saturated heterocycles. The number of piperazine rings is 1. The van der Waals surface area contributed by atoms with Gasteiger partial charge in [0.2, 0.25) is 0 Å². The molecule has 3 atom stereocenters. The van der Waals surface area contributed by atoms with Crippen LogP contribution in [0.3, 0.4) is 0 Å². The summed E-state index contributed by atoms with van der Waals surface area (Å²) in [5.41, 5.74) is 3.39. The molecule has 2 aromatic carbocycles. The van der Waals surface area contributed by atoms with Crippen molar-refractivity contribution in [2.75, 3.05) is 26.2 Å². The van der Waals surface area contributed by atoms with Gasteiger partial charge >= 0.3 is 6.09 Å². The molecule has 1 unspecified atom stereocenters. The summed E-state index contributed by atoms with van der Waals surface area (Å²) in [6.07, 6.45) is 1.77. The Kier molecular flexibility index (Phi) is 8.00. The van der Waals surface area contributed by atoms with E-state index in [1.165, 1.54) is 4.90 Å². The highest BCUT2D eigenvalue weighted by atomic mass is 16.4. The lowest BCUT2D eigenvalue weighted by molar-refractivity contribution is 0.0540. The van der Waals surface area contributed by atoms with E-state index >= 15 is 0 Å². The van der Waals surface area contributed by atoms with Crippen molar-refractivity contribution < 1.29 is 19.8 Å². The maximum Gasteiger partial charge on any atom is 0.407 e. The van der Waals surface area contributed by atoms with E-state index in [4.69, 9.17) is 0 Å². The molecule has 3 aromatic rings. The normalized spacial score (nSPS) is 20.9. The van der Waals surface area contributed by atoms with E-state index in [2.05, 4.69) is 9.88 Å². The number of aliphatic hydroxyl groups excluding tert-OH is 1. The summed E-state index contributed by atoms with van der Waals surface area (Å²) in [4.78, 5) is 35.3. The van der Waals surface area contributed by atoms with E-state index in [-0.39, 0.29) is 11.9 Å². The number of hydrogen-bond donors (Lipinski definition) is 2. The van der Waals surface area contributed by atoms with Gasteiger partial charge in [0, 0.05) is 50.5 Å². The molecule has 0 aliphatic carbocycles. The molecule has 198 valence electrons. The van der Waals surface area contributed by atoms with Crippen LogP contribution >= 0.6 is 0 Å². The number of aromatic nitrogens is 1. The van der Waals surface area contributed by atoms with Crippen LogP contribution in [0.15, 0.2) is 79.0 Å². The number of likely N-dealkylation sites (tertiary alicyclic amines) is 1. The molecule has 1 aromatic heterocycles. The van der Waals surface area contributed by atoms with Crippen molar-refractivity contribution in [2.24, 2.45) is 0 Å². The van der Waals surface area contributed by atoms with Crippen molar-refractivity contribution in [2.45, 2.75) is 44.0 Å². The Morgan fingerprint density at radius 3 is 2.26 bits per heavy atom. The Balaban J connectivity index is 1.17. The van der Waals surface area contributed by atoms with Gasteiger partial charge in [-0.3, -0.25) is 19.6 Å². The monoisotopic (exact) mass is 514 g/mol. The van der Waals surface area contributed by atoms with Gasteiger partial charge in [-0.1, -0.05) is 48.5 Å². The summed E-state index contributed by atoms with van der Waals surface area (Å²) in [6.45, 7) is 3.75. The third-order valence-corrected chi connectivity index (χ3v) is 7.72. The summed E-state index contributed by atoms with van der Waals surface area (Å²) >= 11 is 0. The fraction of sp³-hybridized carbons (Fsp3) is 0.367. The Hall–Kier alpha value is -3.75. The standard InChI is InChI=1S/C30H34N4O4/c35-28(23-6-2-1-3-7-23)27-14-13-26(34(27)30(37)38)20-22-9-11-24(12-10-22)29(36)33-18-16-32(17-19-33)21-25-8-4-5-15-31-25/h1-12,15,26-28,35H,13-14,16-21H2,(H,37,38)/t26-,27+,28?/m0/s1. The molecule has 8 heteroatoms. The van der Waals surface area contributed by atoms with Crippen LogP contribution in [0, 0.1) is 0 Å². The Morgan fingerprint density at radius 2 is 1.61 bits per heavy atom. The van der Waals surface area contributed by atoms with E-state index in [1.54, 1.807) is 6.20 Å². The summed E-state index contributed by atoms with van der Waals surface area (Å²) in [6, 6.07) is 22.0. The minimum absolute atomic E-state index is 0.0214. The van der Waals surface area contributed by atoms with E-state index in [0.29, 0.717) is 37.9 Å². The van der Waals surface area contributed by atoms with Gasteiger partial charge in [0.25, 0.3) is 5.91 Å². The van der Waals surface area contributed by atoms with Crippen LogP contribution in [0.2, 0.25) is 0 Å². The molecular weight excluding hydrogens is 480 g/mol. The Labute approximate surface area is 223 Å². The van der Waals surface area contributed by atoms with E-state index in [0.717, 1.165) is 36.5 Å². The van der Waals surface area contributed by atoms with Crippen LogP contribution < -0.4 is 0 Å². The van der Waals surface area contributed by atoms with Gasteiger partial charge in [0.15, 0.2) is 0 Å². The smallest absolute Gasteiger partial charge is 0.407 e. The SMILES string of the molecule is O=C(c1ccc(C[C@@H]2CC[C@H](C(O)c3ccccc3)N2C(=O)O)cc1)N1CCN(Cc2ccccn2)CC1. The summed E-state index contributed by atoms with van der Waals surface area (Å²) in [5.74, 6) is 0.0214. The molecule has 38 heavy (non-hydrogen) atoms. The summed E-state index contributed by atoms with van der Waals surface area (Å²) in [5, 5.41) is 20.8. The zero-order valence-electron chi connectivity index (χ0n) is 21.4. The van der Waals surface area contributed by atoms with E-state index in [9.17, 15) is 19.8 Å². The number of aliphatic hydroxyl groups is 1. The maximum atomic E-state index is 13.1. The fourth-order valence-corrected chi connectivity index (χ4v) is 5.66. The number of benzene rings is 2. The van der Waals surface area contributed by atoms with Gasteiger partial charge in [-0.2, -0.15) is 0 Å². The summed E-state index contributed by atoms with van der Waals surface area (Å²) < 4.78 is 0. The topological polar surface area (TPSA) is 97.2 Å². The largest absolute Gasteiger partial charge is 0.465 e. The second kappa shape index (κ2) is 11.8. The van der Waals surface area contributed by atoms with Gasteiger partial charge in [0.1, 0.15) is 0 Å². The highest BCUT2D eigenvalue weighted by Gasteiger charge is 2.41. The van der Waals surface area contributed by atoms with Crippen LogP contribution in [0.1, 0.15) is 46.1 Å². The molecule has 2 amide bonds. The second-order valence-corrected chi connectivity index (χ2v) is 10.1. The first-order chi connectivity index (χ1) is 18.5. The lowest BCUT2D eigenvalue weighted by atomic mass is 10.0. The van der Waals surface area contributed by atoms with Gasteiger partial charge in [-0.15, -0.1) is 0 Å². The van der Waals surface area contributed by atoms with Crippen molar-refractivity contribution in [3.05, 3.63) is 101 Å². The first-order valence-electron chi connectivity index (χ1n) is 13.2. The Bertz CT molecular complexity index is 1210. The number of carbonyl (C=O) groups is 2. The van der Waals surface area contributed by atoms with Crippen molar-refractivity contribution in [3.63, 3.8) is 0 Å². The lowest BCUT2D eigenvalue weighted by Crippen LogP contribution is -2.48.